The van der Waals surface area contributed by atoms with E-state index in [1.54, 1.807) is 24.3 Å². The van der Waals surface area contributed by atoms with Crippen LogP contribution < -0.4 is 10.9 Å². The summed E-state index contributed by atoms with van der Waals surface area (Å²) in [6, 6.07) is 7.34. The van der Waals surface area contributed by atoms with Crippen LogP contribution in [0.1, 0.15) is 21.7 Å². The normalized spacial score (nSPS) is 11.1. The molecule has 0 aliphatic rings. The highest BCUT2D eigenvalue weighted by atomic mass is 79.9. The van der Waals surface area contributed by atoms with Gasteiger partial charge >= 0.3 is 6.18 Å². The first-order valence-electron chi connectivity index (χ1n) is 7.05. The number of carbonyl (C=O) groups excluding carboxylic acids is 2. The van der Waals surface area contributed by atoms with E-state index in [1.807, 2.05) is 0 Å². The van der Waals surface area contributed by atoms with Crippen molar-refractivity contribution in [3.05, 3.63) is 51.8 Å². The van der Waals surface area contributed by atoms with E-state index >= 15 is 0 Å². The number of halogens is 4. The van der Waals surface area contributed by atoms with Crippen molar-refractivity contribution in [2.75, 3.05) is 5.75 Å². The summed E-state index contributed by atoms with van der Waals surface area (Å²) in [5.74, 6) is -1.41. The molecule has 0 saturated carbocycles. The molecule has 2 aromatic rings. The molecule has 138 valence electrons. The van der Waals surface area contributed by atoms with Gasteiger partial charge in [0.1, 0.15) is 5.69 Å². The molecule has 0 bridgehead atoms. The molecule has 0 unspecified atom stereocenters. The number of hydrogen-bond donors (Lipinski definition) is 2. The van der Waals surface area contributed by atoms with Crippen LogP contribution in [0.2, 0.25) is 0 Å². The fourth-order valence-electron chi connectivity index (χ4n) is 1.75. The third-order valence-electron chi connectivity index (χ3n) is 2.86. The Balaban J connectivity index is 1.89. The van der Waals surface area contributed by atoms with Crippen molar-refractivity contribution in [3.8, 4) is 0 Å². The highest BCUT2D eigenvalue weighted by molar-refractivity contribution is 9.10. The third kappa shape index (κ3) is 5.99. The van der Waals surface area contributed by atoms with Gasteiger partial charge in [-0.25, -0.2) is 9.97 Å². The molecule has 0 aliphatic heterocycles. The van der Waals surface area contributed by atoms with Gasteiger partial charge in [0.05, 0.1) is 5.75 Å². The lowest BCUT2D eigenvalue weighted by atomic mass is 10.2. The van der Waals surface area contributed by atoms with Gasteiger partial charge in [0.2, 0.25) is 5.91 Å². The Morgan fingerprint density at radius 3 is 2.58 bits per heavy atom. The van der Waals surface area contributed by atoms with Gasteiger partial charge in [-0.2, -0.15) is 13.2 Å². The lowest BCUT2D eigenvalue weighted by Gasteiger charge is -2.09. The number of amides is 2. The topological polar surface area (TPSA) is 84.0 Å². The first-order valence-corrected chi connectivity index (χ1v) is 8.83. The standard InChI is InChI=1S/C15H12BrF3N4O2S/c1-8-5-11(15(17,18)19)21-14(20-8)26-7-12(24)22-23-13(25)9-3-2-4-10(16)6-9/h2-6H,7H2,1H3,(H,22,24)(H,23,25). The molecule has 0 fully saturated rings. The fraction of sp³-hybridized carbons (Fsp3) is 0.200. The summed E-state index contributed by atoms with van der Waals surface area (Å²) in [4.78, 5) is 30.9. The van der Waals surface area contributed by atoms with Gasteiger partial charge in [0, 0.05) is 15.7 Å². The summed E-state index contributed by atoms with van der Waals surface area (Å²) in [6.45, 7) is 1.40. The van der Waals surface area contributed by atoms with E-state index in [0.29, 0.717) is 10.0 Å². The van der Waals surface area contributed by atoms with Crippen molar-refractivity contribution in [3.63, 3.8) is 0 Å². The molecule has 11 heteroatoms. The number of nitrogens with one attached hydrogen (secondary N) is 2. The maximum atomic E-state index is 12.7. The zero-order chi connectivity index (χ0) is 19.3. The van der Waals surface area contributed by atoms with E-state index in [0.717, 1.165) is 17.8 Å². The van der Waals surface area contributed by atoms with Crippen molar-refractivity contribution >= 4 is 39.5 Å². The Hall–Kier alpha value is -2.14. The molecule has 0 radical (unpaired) electrons. The fourth-order valence-corrected chi connectivity index (χ4v) is 2.85. The van der Waals surface area contributed by atoms with E-state index in [2.05, 4.69) is 36.7 Å². The Kier molecular flexibility index (Phi) is 6.59. The van der Waals surface area contributed by atoms with Gasteiger partial charge in [0.25, 0.3) is 5.91 Å². The number of thioether (sulfide) groups is 1. The van der Waals surface area contributed by atoms with E-state index < -0.39 is 23.7 Å². The van der Waals surface area contributed by atoms with Crippen molar-refractivity contribution in [2.24, 2.45) is 0 Å². The van der Waals surface area contributed by atoms with Gasteiger partial charge in [-0.05, 0) is 31.2 Å². The summed E-state index contributed by atoms with van der Waals surface area (Å²) in [6.07, 6.45) is -4.59. The summed E-state index contributed by atoms with van der Waals surface area (Å²) in [7, 11) is 0. The van der Waals surface area contributed by atoms with Crippen molar-refractivity contribution in [2.45, 2.75) is 18.3 Å². The molecule has 1 heterocycles. The third-order valence-corrected chi connectivity index (χ3v) is 4.20. The minimum Gasteiger partial charge on any atom is -0.272 e. The van der Waals surface area contributed by atoms with Crippen molar-refractivity contribution in [1.82, 2.24) is 20.8 Å². The van der Waals surface area contributed by atoms with Gasteiger partial charge in [-0.15, -0.1) is 0 Å². The van der Waals surface area contributed by atoms with Crippen LogP contribution in [0.4, 0.5) is 13.2 Å². The number of carbonyl (C=O) groups is 2. The molecule has 2 rings (SSSR count). The zero-order valence-corrected chi connectivity index (χ0v) is 15.6. The predicted octanol–water partition coefficient (Wildman–Crippen LogP) is 3.12. The largest absolute Gasteiger partial charge is 0.433 e. The highest BCUT2D eigenvalue weighted by Gasteiger charge is 2.33. The first kappa shape index (κ1) is 20.2. The van der Waals surface area contributed by atoms with Crippen molar-refractivity contribution < 1.29 is 22.8 Å². The molecule has 2 amide bonds. The summed E-state index contributed by atoms with van der Waals surface area (Å²) < 4.78 is 38.8. The van der Waals surface area contributed by atoms with Crippen LogP contribution in [0.25, 0.3) is 0 Å². The molecule has 0 aliphatic carbocycles. The van der Waals surface area contributed by atoms with Crippen LogP contribution in [-0.4, -0.2) is 27.5 Å². The number of aryl methyl sites for hydroxylation is 1. The maximum Gasteiger partial charge on any atom is 0.433 e. The second kappa shape index (κ2) is 8.49. The molecule has 2 N–H and O–H groups in total. The number of rotatable bonds is 4. The van der Waals surface area contributed by atoms with E-state index in [1.165, 1.54) is 6.92 Å². The molecule has 0 atom stereocenters. The van der Waals surface area contributed by atoms with Crippen LogP contribution in [0.3, 0.4) is 0 Å². The summed E-state index contributed by atoms with van der Waals surface area (Å²) in [5, 5.41) is -0.175. The average molecular weight is 449 g/mol. The smallest absolute Gasteiger partial charge is 0.272 e. The molecular weight excluding hydrogens is 437 g/mol. The van der Waals surface area contributed by atoms with Crippen LogP contribution in [0.5, 0.6) is 0 Å². The van der Waals surface area contributed by atoms with E-state index in [4.69, 9.17) is 0 Å². The van der Waals surface area contributed by atoms with E-state index in [9.17, 15) is 22.8 Å². The minimum absolute atomic E-state index is 0.137. The van der Waals surface area contributed by atoms with E-state index in [-0.39, 0.29) is 16.6 Å². The monoisotopic (exact) mass is 448 g/mol. The Morgan fingerprint density at radius 1 is 1.19 bits per heavy atom. The van der Waals surface area contributed by atoms with Crippen LogP contribution in [0, 0.1) is 6.92 Å². The second-order valence-corrected chi connectivity index (χ2v) is 6.83. The summed E-state index contributed by atoms with van der Waals surface area (Å²) in [5.41, 5.74) is 3.78. The number of aromatic nitrogens is 2. The average Bonchev–Trinajstić information content (AvgIpc) is 2.56. The molecule has 0 spiro atoms. The van der Waals surface area contributed by atoms with Crippen LogP contribution in [0.15, 0.2) is 40.0 Å². The van der Waals surface area contributed by atoms with Gasteiger partial charge in [-0.3, -0.25) is 20.4 Å². The molecule has 1 aromatic heterocycles. The molecule has 26 heavy (non-hydrogen) atoms. The summed E-state index contributed by atoms with van der Waals surface area (Å²) >= 11 is 3.95. The van der Waals surface area contributed by atoms with Crippen LogP contribution >= 0.6 is 27.7 Å². The quantitative estimate of drug-likeness (QED) is 0.426. The van der Waals surface area contributed by atoms with Gasteiger partial charge in [0.15, 0.2) is 5.16 Å². The highest BCUT2D eigenvalue weighted by Crippen LogP contribution is 2.29. The Bertz CT molecular complexity index is 833. The molecular formula is C15H12BrF3N4O2S. The van der Waals surface area contributed by atoms with Crippen molar-refractivity contribution in [1.29, 1.82) is 0 Å². The van der Waals surface area contributed by atoms with Crippen LogP contribution in [-0.2, 0) is 11.0 Å². The van der Waals surface area contributed by atoms with Gasteiger partial charge in [-0.1, -0.05) is 33.8 Å². The predicted molar refractivity (Wildman–Crippen MR) is 92.2 cm³/mol. The maximum absolute atomic E-state index is 12.7. The lowest BCUT2D eigenvalue weighted by molar-refractivity contribution is -0.141. The zero-order valence-electron chi connectivity index (χ0n) is 13.2. The molecule has 6 nitrogen and oxygen atoms in total. The Morgan fingerprint density at radius 2 is 1.92 bits per heavy atom. The number of benzene rings is 1. The lowest BCUT2D eigenvalue weighted by Crippen LogP contribution is -2.42. The molecule has 1 aromatic carbocycles. The second-order valence-electron chi connectivity index (χ2n) is 4.98. The number of nitrogens with zero attached hydrogens (tertiary/aromatic N) is 2. The minimum atomic E-state index is -4.59. The number of alkyl halides is 3. The number of hydrazine groups is 1. The Labute approximate surface area is 159 Å². The SMILES string of the molecule is Cc1cc(C(F)(F)F)nc(SCC(=O)NNC(=O)c2cccc(Br)c2)n1. The number of hydrogen-bond acceptors (Lipinski definition) is 5. The first-order chi connectivity index (χ1) is 12.1. The van der Waals surface area contributed by atoms with Gasteiger partial charge < -0.3 is 0 Å². The molecule has 0 saturated heterocycles.